The van der Waals surface area contributed by atoms with E-state index in [1.807, 2.05) is 6.92 Å². The lowest BCUT2D eigenvalue weighted by Gasteiger charge is -2.08. The first-order valence-electron chi connectivity index (χ1n) is 6.13. The Balaban J connectivity index is 0.00000400. The fraction of sp³-hybridized carbons (Fsp3) is 0.357. The van der Waals surface area contributed by atoms with Crippen LogP contribution in [0.3, 0.4) is 0 Å². The van der Waals surface area contributed by atoms with E-state index in [4.69, 9.17) is 5.73 Å². The third-order valence-corrected chi connectivity index (χ3v) is 2.52. The average molecular weight is 413 g/mol. The molecule has 1 aromatic rings. The highest BCUT2D eigenvalue weighted by Crippen LogP contribution is 2.29. The van der Waals surface area contributed by atoms with E-state index in [-0.39, 0.29) is 24.0 Å². The summed E-state index contributed by atoms with van der Waals surface area (Å²) < 4.78 is 37.1. The fourth-order valence-corrected chi connectivity index (χ4v) is 1.47. The highest BCUT2D eigenvalue weighted by Gasteiger charge is 2.29. The summed E-state index contributed by atoms with van der Waals surface area (Å²) >= 11 is 0. The van der Waals surface area contributed by atoms with E-state index in [9.17, 15) is 13.2 Å². The molecule has 0 saturated heterocycles. The average Bonchev–Trinajstić information content (AvgIpc) is 2.36. The second kappa shape index (κ2) is 8.91. The largest absolute Gasteiger partial charge is 0.416 e. The lowest BCUT2D eigenvalue weighted by Crippen LogP contribution is -2.33. The zero-order valence-electron chi connectivity index (χ0n) is 11.7. The van der Waals surface area contributed by atoms with Crippen molar-refractivity contribution in [1.29, 1.82) is 0 Å². The molecule has 0 fully saturated rings. The monoisotopic (exact) mass is 413 g/mol. The van der Waals surface area contributed by atoms with Gasteiger partial charge in [0.15, 0.2) is 5.96 Å². The lowest BCUT2D eigenvalue weighted by atomic mass is 10.1. The predicted octanol–water partition coefficient (Wildman–Crippen LogP) is 3.35. The molecule has 0 spiro atoms. The maximum atomic E-state index is 12.4. The molecule has 118 valence electrons. The number of nitrogens with two attached hydrogens (primary N) is 1. The van der Waals surface area contributed by atoms with E-state index in [1.165, 1.54) is 12.1 Å². The van der Waals surface area contributed by atoms with Crippen molar-refractivity contribution in [2.24, 2.45) is 10.7 Å². The maximum Gasteiger partial charge on any atom is 0.416 e. The summed E-state index contributed by atoms with van der Waals surface area (Å²) in [5.41, 5.74) is 6.68. The van der Waals surface area contributed by atoms with Gasteiger partial charge in [-0.15, -0.1) is 24.0 Å². The van der Waals surface area contributed by atoms with E-state index in [1.54, 1.807) is 0 Å². The molecule has 7 heteroatoms. The Hall–Kier alpha value is -1.25. The van der Waals surface area contributed by atoms with Crippen LogP contribution in [-0.2, 0) is 12.6 Å². The third-order valence-electron chi connectivity index (χ3n) is 2.52. The number of nitrogens with zero attached hydrogens (tertiary/aromatic N) is 1. The van der Waals surface area contributed by atoms with Crippen LogP contribution in [-0.4, -0.2) is 19.0 Å². The van der Waals surface area contributed by atoms with Crippen molar-refractivity contribution in [1.82, 2.24) is 5.32 Å². The predicted molar refractivity (Wildman–Crippen MR) is 89.9 cm³/mol. The van der Waals surface area contributed by atoms with Gasteiger partial charge in [0.1, 0.15) is 0 Å². The molecule has 0 heterocycles. The van der Waals surface area contributed by atoms with Crippen LogP contribution >= 0.6 is 24.0 Å². The van der Waals surface area contributed by atoms with E-state index in [2.05, 4.69) is 16.9 Å². The highest BCUT2D eigenvalue weighted by atomic mass is 127. The smallest absolute Gasteiger partial charge is 0.370 e. The van der Waals surface area contributed by atoms with Gasteiger partial charge in [0, 0.05) is 6.54 Å². The molecule has 3 N–H and O–H groups in total. The summed E-state index contributed by atoms with van der Waals surface area (Å²) in [5.74, 6) is 0.305. The molecular weight excluding hydrogens is 394 g/mol. The topological polar surface area (TPSA) is 50.4 Å². The Labute approximate surface area is 139 Å². The quantitative estimate of drug-likeness (QED) is 0.337. The Morgan fingerprint density at radius 3 is 2.33 bits per heavy atom. The Kier molecular flexibility index (Phi) is 8.38. The van der Waals surface area contributed by atoms with E-state index < -0.39 is 11.7 Å². The minimum atomic E-state index is -4.30. The SMILES string of the molecule is C=C(C)CN=C(N)NCCc1ccc(C(F)(F)F)cc1.I. The van der Waals surface area contributed by atoms with Crippen LogP contribution < -0.4 is 11.1 Å². The van der Waals surface area contributed by atoms with Crippen LogP contribution in [0, 0.1) is 0 Å². The number of benzene rings is 1. The number of hydrogen-bond acceptors (Lipinski definition) is 1. The molecule has 0 aliphatic heterocycles. The molecule has 0 unspecified atom stereocenters. The van der Waals surface area contributed by atoms with Gasteiger partial charge in [-0.2, -0.15) is 13.2 Å². The van der Waals surface area contributed by atoms with Gasteiger partial charge in [-0.05, 0) is 31.0 Å². The Bertz CT molecular complexity index is 481. The summed E-state index contributed by atoms with van der Waals surface area (Å²) in [7, 11) is 0. The lowest BCUT2D eigenvalue weighted by molar-refractivity contribution is -0.137. The first-order chi connectivity index (χ1) is 9.29. The molecule has 0 aromatic heterocycles. The van der Waals surface area contributed by atoms with Crippen molar-refractivity contribution in [3.05, 3.63) is 47.5 Å². The molecule has 3 nitrogen and oxygen atoms in total. The summed E-state index contributed by atoms with van der Waals surface area (Å²) in [4.78, 5) is 4.04. The second-order valence-electron chi connectivity index (χ2n) is 4.53. The maximum absolute atomic E-state index is 12.4. The highest BCUT2D eigenvalue weighted by molar-refractivity contribution is 14.0. The standard InChI is InChI=1S/C14H18F3N3.HI/c1-10(2)9-20-13(18)19-8-7-11-3-5-12(6-4-11)14(15,16)17;/h3-6H,1,7-9H2,2H3,(H3,18,19,20);1H. The molecule has 0 atom stereocenters. The van der Waals surface area contributed by atoms with Gasteiger partial charge in [0.25, 0.3) is 0 Å². The number of alkyl halides is 3. The van der Waals surface area contributed by atoms with Gasteiger partial charge in [0.2, 0.25) is 0 Å². The van der Waals surface area contributed by atoms with Crippen LogP contribution in [0.1, 0.15) is 18.1 Å². The van der Waals surface area contributed by atoms with E-state index in [0.29, 0.717) is 25.5 Å². The zero-order chi connectivity index (χ0) is 15.2. The Morgan fingerprint density at radius 2 is 1.86 bits per heavy atom. The zero-order valence-corrected chi connectivity index (χ0v) is 14.0. The Morgan fingerprint density at radius 1 is 1.29 bits per heavy atom. The van der Waals surface area contributed by atoms with E-state index in [0.717, 1.165) is 23.3 Å². The van der Waals surface area contributed by atoms with Gasteiger partial charge < -0.3 is 11.1 Å². The fourth-order valence-electron chi connectivity index (χ4n) is 1.47. The van der Waals surface area contributed by atoms with Crippen molar-refractivity contribution in [3.63, 3.8) is 0 Å². The number of guanidine groups is 1. The number of nitrogens with one attached hydrogen (secondary N) is 1. The van der Waals surface area contributed by atoms with Crippen molar-refractivity contribution < 1.29 is 13.2 Å². The number of halogens is 4. The molecule has 0 bridgehead atoms. The van der Waals surface area contributed by atoms with Crippen LogP contribution in [0.25, 0.3) is 0 Å². The minimum Gasteiger partial charge on any atom is -0.370 e. The third kappa shape index (κ3) is 7.93. The minimum absolute atomic E-state index is 0. The first kappa shape index (κ1) is 19.8. The van der Waals surface area contributed by atoms with Crippen LogP contribution in [0.15, 0.2) is 41.4 Å². The van der Waals surface area contributed by atoms with Crippen molar-refractivity contribution in [2.75, 3.05) is 13.1 Å². The van der Waals surface area contributed by atoms with Gasteiger partial charge in [-0.3, -0.25) is 0 Å². The van der Waals surface area contributed by atoms with Gasteiger partial charge in [0.05, 0.1) is 12.1 Å². The number of rotatable bonds is 5. The van der Waals surface area contributed by atoms with Crippen LogP contribution in [0.5, 0.6) is 0 Å². The molecule has 0 amide bonds. The number of aliphatic imine (C=N–C) groups is 1. The summed E-state index contributed by atoms with van der Waals surface area (Å²) in [6, 6.07) is 5.08. The second-order valence-corrected chi connectivity index (χ2v) is 4.53. The van der Waals surface area contributed by atoms with Crippen LogP contribution in [0.4, 0.5) is 13.2 Å². The molecule has 21 heavy (non-hydrogen) atoms. The van der Waals surface area contributed by atoms with Gasteiger partial charge in [-0.25, -0.2) is 4.99 Å². The summed E-state index contributed by atoms with van der Waals surface area (Å²) in [6.45, 7) is 6.52. The van der Waals surface area contributed by atoms with Crippen molar-refractivity contribution in [3.8, 4) is 0 Å². The van der Waals surface area contributed by atoms with Crippen molar-refractivity contribution in [2.45, 2.75) is 19.5 Å². The van der Waals surface area contributed by atoms with E-state index >= 15 is 0 Å². The summed E-state index contributed by atoms with van der Waals surface area (Å²) in [6.07, 6.45) is -3.72. The molecule has 1 aromatic carbocycles. The summed E-state index contributed by atoms with van der Waals surface area (Å²) in [5, 5.41) is 2.90. The molecule has 0 aliphatic rings. The first-order valence-corrected chi connectivity index (χ1v) is 6.13. The molecule has 0 aliphatic carbocycles. The molecule has 0 saturated carbocycles. The van der Waals surface area contributed by atoms with Gasteiger partial charge in [-0.1, -0.05) is 24.3 Å². The number of hydrogen-bond donors (Lipinski definition) is 2. The molecule has 0 radical (unpaired) electrons. The van der Waals surface area contributed by atoms with Gasteiger partial charge >= 0.3 is 6.18 Å². The van der Waals surface area contributed by atoms with Crippen LogP contribution in [0.2, 0.25) is 0 Å². The molecule has 1 rings (SSSR count). The van der Waals surface area contributed by atoms with Crippen molar-refractivity contribution >= 4 is 29.9 Å². The molecular formula is C14H19F3IN3. The normalized spacial score (nSPS) is 11.7.